The maximum Gasteiger partial charge on any atom is 0.00871 e. The summed E-state index contributed by atoms with van der Waals surface area (Å²) in [6.07, 6.45) is 8.51. The van der Waals surface area contributed by atoms with Crippen molar-refractivity contribution < 1.29 is 0 Å². The smallest absolute Gasteiger partial charge is 0.00871 e. The molecule has 0 aromatic rings. The highest BCUT2D eigenvalue weighted by Crippen LogP contribution is 2.40. The fourth-order valence-corrected chi connectivity index (χ4v) is 3.60. The molecule has 2 fully saturated rings. The molecule has 1 unspecified atom stereocenters. The molecule has 0 heterocycles. The molecule has 2 aliphatic rings. The normalized spacial score (nSPS) is 32.9. The highest BCUT2D eigenvalue weighted by molar-refractivity contribution is 4.92. The minimum Gasteiger partial charge on any atom is -0.313 e. The number of nitrogens with zero attached hydrogens (tertiary/aromatic N) is 1. The molecule has 0 radical (unpaired) electrons. The van der Waals surface area contributed by atoms with Crippen LogP contribution in [0.25, 0.3) is 0 Å². The molecule has 0 spiro atoms. The van der Waals surface area contributed by atoms with Crippen molar-refractivity contribution in [2.45, 2.75) is 78.3 Å². The zero-order valence-corrected chi connectivity index (χ0v) is 14.4. The van der Waals surface area contributed by atoms with Crippen LogP contribution in [-0.4, -0.2) is 37.1 Å². The fraction of sp³-hybridized carbons (Fsp3) is 1.00. The van der Waals surface area contributed by atoms with E-state index in [2.05, 4.69) is 45.0 Å². The molecule has 0 bridgehead atoms. The van der Waals surface area contributed by atoms with Crippen LogP contribution in [0.3, 0.4) is 0 Å². The van der Waals surface area contributed by atoms with Crippen molar-refractivity contribution in [3.63, 3.8) is 0 Å². The first-order valence-corrected chi connectivity index (χ1v) is 8.85. The van der Waals surface area contributed by atoms with Crippen LogP contribution >= 0.6 is 0 Å². The SMILES string of the molecule is CC1CCC(CNC2CC2)(CN(C)C(C)C(C)C)CC1. The molecule has 2 nitrogen and oxygen atoms in total. The average Bonchev–Trinajstić information content (AvgIpc) is 3.23. The van der Waals surface area contributed by atoms with Crippen molar-refractivity contribution in [3.8, 4) is 0 Å². The molecule has 20 heavy (non-hydrogen) atoms. The third-order valence-corrected chi connectivity index (χ3v) is 5.92. The van der Waals surface area contributed by atoms with Crippen molar-refractivity contribution in [3.05, 3.63) is 0 Å². The molecular weight excluding hydrogens is 244 g/mol. The summed E-state index contributed by atoms with van der Waals surface area (Å²) in [6.45, 7) is 12.0. The molecule has 2 heteroatoms. The quantitative estimate of drug-likeness (QED) is 0.760. The summed E-state index contributed by atoms with van der Waals surface area (Å²) in [5.41, 5.74) is 0.535. The summed E-state index contributed by atoms with van der Waals surface area (Å²) in [7, 11) is 2.33. The van der Waals surface area contributed by atoms with Crippen molar-refractivity contribution in [2.75, 3.05) is 20.1 Å². The van der Waals surface area contributed by atoms with Gasteiger partial charge in [0.1, 0.15) is 0 Å². The topological polar surface area (TPSA) is 15.3 Å². The van der Waals surface area contributed by atoms with E-state index < -0.39 is 0 Å². The van der Waals surface area contributed by atoms with E-state index in [1.165, 1.54) is 51.6 Å². The first kappa shape index (κ1) is 16.3. The van der Waals surface area contributed by atoms with Gasteiger partial charge in [-0.1, -0.05) is 33.6 Å². The molecule has 0 saturated heterocycles. The molecule has 1 atom stereocenters. The van der Waals surface area contributed by atoms with Crippen LogP contribution in [0.4, 0.5) is 0 Å². The van der Waals surface area contributed by atoms with E-state index in [0.29, 0.717) is 11.5 Å². The molecule has 2 aliphatic carbocycles. The van der Waals surface area contributed by atoms with Gasteiger partial charge in [-0.25, -0.2) is 0 Å². The van der Waals surface area contributed by atoms with Gasteiger partial charge in [-0.05, 0) is 56.9 Å². The second kappa shape index (κ2) is 6.79. The third kappa shape index (κ3) is 4.46. The standard InChI is InChI=1S/C18H36N2/c1-14(2)16(4)20(5)13-18(12-19-17-6-7-17)10-8-15(3)9-11-18/h14-17,19H,6-13H2,1-5H3. The Labute approximate surface area is 126 Å². The number of rotatable bonds is 7. The van der Waals surface area contributed by atoms with E-state index in [0.717, 1.165) is 17.9 Å². The van der Waals surface area contributed by atoms with Crippen LogP contribution in [0.1, 0.15) is 66.2 Å². The summed E-state index contributed by atoms with van der Waals surface area (Å²) in [4.78, 5) is 2.62. The molecule has 118 valence electrons. The lowest BCUT2D eigenvalue weighted by Gasteiger charge is -2.44. The second-order valence-electron chi connectivity index (χ2n) is 8.24. The Bertz CT molecular complexity index is 288. The highest BCUT2D eigenvalue weighted by Gasteiger charge is 2.37. The molecule has 2 saturated carbocycles. The number of hydrogen-bond acceptors (Lipinski definition) is 2. The van der Waals surface area contributed by atoms with Gasteiger partial charge in [0, 0.05) is 25.2 Å². The predicted molar refractivity (Wildman–Crippen MR) is 88.0 cm³/mol. The van der Waals surface area contributed by atoms with Crippen LogP contribution in [0, 0.1) is 17.3 Å². The van der Waals surface area contributed by atoms with Crippen molar-refractivity contribution in [1.82, 2.24) is 10.2 Å². The van der Waals surface area contributed by atoms with Gasteiger partial charge in [-0.15, -0.1) is 0 Å². The van der Waals surface area contributed by atoms with Crippen LogP contribution in [0.15, 0.2) is 0 Å². The summed E-state index contributed by atoms with van der Waals surface area (Å²) in [6, 6.07) is 1.53. The fourth-order valence-electron chi connectivity index (χ4n) is 3.60. The first-order chi connectivity index (χ1) is 9.42. The molecule has 0 amide bonds. The molecule has 0 aliphatic heterocycles. The monoisotopic (exact) mass is 280 g/mol. The molecule has 1 N–H and O–H groups in total. The molecule has 0 aromatic heterocycles. The Morgan fingerprint density at radius 1 is 1.10 bits per heavy atom. The van der Waals surface area contributed by atoms with Gasteiger partial charge in [0.15, 0.2) is 0 Å². The zero-order chi connectivity index (χ0) is 14.8. The summed E-state index contributed by atoms with van der Waals surface area (Å²) in [5.74, 6) is 1.69. The van der Waals surface area contributed by atoms with Gasteiger partial charge in [0.2, 0.25) is 0 Å². The van der Waals surface area contributed by atoms with Crippen molar-refractivity contribution in [1.29, 1.82) is 0 Å². The Kier molecular flexibility index (Phi) is 5.53. The van der Waals surface area contributed by atoms with Gasteiger partial charge in [0.25, 0.3) is 0 Å². The van der Waals surface area contributed by atoms with Gasteiger partial charge in [0.05, 0.1) is 0 Å². The zero-order valence-electron chi connectivity index (χ0n) is 14.4. The Balaban J connectivity index is 1.93. The first-order valence-electron chi connectivity index (χ1n) is 8.85. The van der Waals surface area contributed by atoms with Crippen molar-refractivity contribution >= 4 is 0 Å². The van der Waals surface area contributed by atoms with Gasteiger partial charge in [-0.3, -0.25) is 0 Å². The average molecular weight is 281 g/mol. The van der Waals surface area contributed by atoms with E-state index >= 15 is 0 Å². The van der Waals surface area contributed by atoms with Gasteiger partial charge >= 0.3 is 0 Å². The van der Waals surface area contributed by atoms with E-state index in [4.69, 9.17) is 0 Å². The van der Waals surface area contributed by atoms with Crippen LogP contribution < -0.4 is 5.32 Å². The molecule has 2 rings (SSSR count). The Morgan fingerprint density at radius 3 is 2.20 bits per heavy atom. The van der Waals surface area contributed by atoms with Gasteiger partial charge in [-0.2, -0.15) is 0 Å². The maximum absolute atomic E-state index is 3.83. The lowest BCUT2D eigenvalue weighted by Crippen LogP contribution is -2.48. The number of hydrogen-bond donors (Lipinski definition) is 1. The lowest BCUT2D eigenvalue weighted by atomic mass is 9.70. The third-order valence-electron chi connectivity index (χ3n) is 5.92. The highest BCUT2D eigenvalue weighted by atomic mass is 15.1. The van der Waals surface area contributed by atoms with Crippen LogP contribution in [0.2, 0.25) is 0 Å². The van der Waals surface area contributed by atoms with Crippen LogP contribution in [-0.2, 0) is 0 Å². The van der Waals surface area contributed by atoms with Crippen molar-refractivity contribution in [2.24, 2.45) is 17.3 Å². The maximum atomic E-state index is 3.83. The minimum absolute atomic E-state index is 0.535. The second-order valence-corrected chi connectivity index (χ2v) is 8.24. The van der Waals surface area contributed by atoms with Gasteiger partial charge < -0.3 is 10.2 Å². The van der Waals surface area contributed by atoms with E-state index in [1.54, 1.807) is 0 Å². The Morgan fingerprint density at radius 2 is 1.70 bits per heavy atom. The lowest BCUT2D eigenvalue weighted by molar-refractivity contribution is 0.0708. The van der Waals surface area contributed by atoms with E-state index in [-0.39, 0.29) is 0 Å². The molecular formula is C18H36N2. The molecule has 0 aromatic carbocycles. The minimum atomic E-state index is 0.535. The Hall–Kier alpha value is -0.0800. The van der Waals surface area contributed by atoms with E-state index in [1.807, 2.05) is 0 Å². The summed E-state index contributed by atoms with van der Waals surface area (Å²) >= 11 is 0. The summed E-state index contributed by atoms with van der Waals surface area (Å²) in [5, 5.41) is 3.83. The largest absolute Gasteiger partial charge is 0.313 e. The van der Waals surface area contributed by atoms with E-state index in [9.17, 15) is 0 Å². The number of nitrogens with one attached hydrogen (secondary N) is 1. The predicted octanol–water partition coefficient (Wildman–Crippen LogP) is 3.91. The summed E-state index contributed by atoms with van der Waals surface area (Å²) < 4.78 is 0. The van der Waals surface area contributed by atoms with Crippen LogP contribution in [0.5, 0.6) is 0 Å².